The number of nitrogens with zero attached hydrogens (tertiary/aromatic N) is 2. The van der Waals surface area contributed by atoms with Crippen molar-refractivity contribution in [3.63, 3.8) is 0 Å². The fourth-order valence-electron chi connectivity index (χ4n) is 1.69. The predicted octanol–water partition coefficient (Wildman–Crippen LogP) is 1.86. The molecular formula is C13H16N4O2S. The van der Waals surface area contributed by atoms with Crippen LogP contribution in [-0.4, -0.2) is 24.1 Å². The molecule has 0 atom stereocenters. The van der Waals surface area contributed by atoms with Crippen LogP contribution in [0.3, 0.4) is 0 Å². The molecule has 6 nitrogen and oxygen atoms in total. The van der Waals surface area contributed by atoms with Crippen LogP contribution in [0.15, 0.2) is 23.4 Å². The number of rotatable bonds is 4. The number of sulfone groups is 1. The lowest BCUT2D eigenvalue weighted by Crippen LogP contribution is -2.17. The van der Waals surface area contributed by atoms with E-state index in [-0.39, 0.29) is 17.3 Å². The SMILES string of the molecule is CC(C)(C#N)CCS(=O)(=O)c1nc2ccc(N)cc2[nH]1. The Bertz CT molecular complexity index is 784. The number of imidazole rings is 1. The van der Waals surface area contributed by atoms with E-state index in [4.69, 9.17) is 11.0 Å². The van der Waals surface area contributed by atoms with Crippen LogP contribution >= 0.6 is 0 Å². The van der Waals surface area contributed by atoms with Crippen LogP contribution in [0, 0.1) is 16.7 Å². The normalized spacial score (nSPS) is 12.4. The molecule has 7 heteroatoms. The van der Waals surface area contributed by atoms with Gasteiger partial charge in [-0.15, -0.1) is 0 Å². The third-order valence-corrected chi connectivity index (χ3v) is 4.60. The highest BCUT2D eigenvalue weighted by Gasteiger charge is 2.25. The Balaban J connectivity index is 2.30. The number of aromatic amines is 1. The molecule has 1 aromatic carbocycles. The lowest BCUT2D eigenvalue weighted by molar-refractivity contribution is 0.472. The Hall–Kier alpha value is -2.07. The summed E-state index contributed by atoms with van der Waals surface area (Å²) in [5.74, 6) is -0.122. The highest BCUT2D eigenvalue weighted by atomic mass is 32.2. The molecule has 0 spiro atoms. The lowest BCUT2D eigenvalue weighted by Gasteiger charge is -2.13. The van der Waals surface area contributed by atoms with Gasteiger partial charge in [-0.25, -0.2) is 13.4 Å². The molecule has 0 fully saturated rings. The summed E-state index contributed by atoms with van der Waals surface area (Å²) in [6.45, 7) is 3.42. The maximum Gasteiger partial charge on any atom is 0.226 e. The largest absolute Gasteiger partial charge is 0.399 e. The summed E-state index contributed by atoms with van der Waals surface area (Å²) in [7, 11) is -3.54. The van der Waals surface area contributed by atoms with E-state index >= 15 is 0 Å². The minimum absolute atomic E-state index is 0.0770. The zero-order valence-corrected chi connectivity index (χ0v) is 12.2. The van der Waals surface area contributed by atoms with Crippen molar-refractivity contribution in [1.29, 1.82) is 5.26 Å². The minimum Gasteiger partial charge on any atom is -0.399 e. The molecule has 2 rings (SSSR count). The first-order chi connectivity index (χ1) is 9.23. The van der Waals surface area contributed by atoms with E-state index in [0.29, 0.717) is 16.7 Å². The molecule has 0 aliphatic carbocycles. The van der Waals surface area contributed by atoms with E-state index < -0.39 is 15.3 Å². The predicted molar refractivity (Wildman–Crippen MR) is 76.6 cm³/mol. The zero-order valence-electron chi connectivity index (χ0n) is 11.3. The maximum atomic E-state index is 12.2. The third-order valence-electron chi connectivity index (χ3n) is 3.08. The number of anilines is 1. The van der Waals surface area contributed by atoms with Crippen LogP contribution in [-0.2, 0) is 9.84 Å². The molecule has 0 saturated carbocycles. The van der Waals surface area contributed by atoms with Gasteiger partial charge >= 0.3 is 0 Å². The van der Waals surface area contributed by atoms with E-state index in [0.717, 1.165) is 0 Å². The molecule has 0 radical (unpaired) electrons. The van der Waals surface area contributed by atoms with Crippen LogP contribution in [0.1, 0.15) is 20.3 Å². The van der Waals surface area contributed by atoms with Crippen molar-refractivity contribution in [2.45, 2.75) is 25.4 Å². The minimum atomic E-state index is -3.54. The van der Waals surface area contributed by atoms with Crippen LogP contribution in [0.4, 0.5) is 5.69 Å². The number of nitrogen functional groups attached to an aromatic ring is 1. The fraction of sp³-hybridized carbons (Fsp3) is 0.385. The van der Waals surface area contributed by atoms with Crippen molar-refractivity contribution in [1.82, 2.24) is 9.97 Å². The topological polar surface area (TPSA) is 113 Å². The number of hydrogen-bond acceptors (Lipinski definition) is 5. The van der Waals surface area contributed by atoms with Gasteiger partial charge in [-0.2, -0.15) is 5.26 Å². The average molecular weight is 292 g/mol. The summed E-state index contributed by atoms with van der Waals surface area (Å²) >= 11 is 0. The Labute approximate surface area is 117 Å². The molecule has 0 aliphatic heterocycles. The van der Waals surface area contributed by atoms with Crippen LogP contribution in [0.5, 0.6) is 0 Å². The van der Waals surface area contributed by atoms with Crippen LogP contribution in [0.25, 0.3) is 11.0 Å². The quantitative estimate of drug-likeness (QED) is 0.835. The second-order valence-corrected chi connectivity index (χ2v) is 7.41. The zero-order chi connectivity index (χ0) is 15.0. The van der Waals surface area contributed by atoms with Crippen molar-refractivity contribution in [2.24, 2.45) is 5.41 Å². The van der Waals surface area contributed by atoms with Crippen LogP contribution < -0.4 is 5.73 Å². The maximum absolute atomic E-state index is 12.2. The van der Waals surface area contributed by atoms with Crippen molar-refractivity contribution >= 4 is 26.6 Å². The molecule has 20 heavy (non-hydrogen) atoms. The number of nitrogens with two attached hydrogens (primary N) is 1. The highest BCUT2D eigenvalue weighted by Crippen LogP contribution is 2.23. The Morgan fingerprint density at radius 1 is 1.45 bits per heavy atom. The first kappa shape index (κ1) is 14.3. The second kappa shape index (κ2) is 4.80. The molecule has 3 N–H and O–H groups in total. The van der Waals surface area contributed by atoms with Gasteiger partial charge in [-0.05, 0) is 38.5 Å². The van der Waals surface area contributed by atoms with Crippen LogP contribution in [0.2, 0.25) is 0 Å². The Morgan fingerprint density at radius 3 is 2.80 bits per heavy atom. The van der Waals surface area contributed by atoms with Gasteiger partial charge in [0.1, 0.15) is 0 Å². The highest BCUT2D eigenvalue weighted by molar-refractivity contribution is 7.91. The van der Waals surface area contributed by atoms with Gasteiger partial charge in [0.05, 0.1) is 28.3 Å². The van der Waals surface area contributed by atoms with Gasteiger partial charge in [-0.1, -0.05) is 0 Å². The third kappa shape index (κ3) is 2.91. The molecule has 1 heterocycles. The first-order valence-corrected chi connectivity index (χ1v) is 7.78. The molecule has 0 saturated heterocycles. The van der Waals surface area contributed by atoms with E-state index in [9.17, 15) is 8.42 Å². The number of nitriles is 1. The number of nitrogens with one attached hydrogen (secondary N) is 1. The number of hydrogen-bond donors (Lipinski definition) is 2. The average Bonchev–Trinajstić information content (AvgIpc) is 2.80. The van der Waals surface area contributed by atoms with Gasteiger partial charge in [0.25, 0.3) is 0 Å². The smallest absolute Gasteiger partial charge is 0.226 e. The molecule has 2 aromatic rings. The first-order valence-electron chi connectivity index (χ1n) is 6.13. The van der Waals surface area contributed by atoms with Crippen molar-refractivity contribution in [2.75, 3.05) is 11.5 Å². The summed E-state index contributed by atoms with van der Waals surface area (Å²) in [5, 5.41) is 8.85. The fourth-order valence-corrected chi connectivity index (χ4v) is 3.17. The molecule has 0 aliphatic rings. The lowest BCUT2D eigenvalue weighted by atomic mass is 9.93. The number of benzene rings is 1. The monoisotopic (exact) mass is 292 g/mol. The van der Waals surface area contributed by atoms with Crippen molar-refractivity contribution in [3.05, 3.63) is 18.2 Å². The molecule has 0 unspecified atom stereocenters. The van der Waals surface area contributed by atoms with Gasteiger partial charge in [-0.3, -0.25) is 0 Å². The molecular weight excluding hydrogens is 276 g/mol. The number of aromatic nitrogens is 2. The van der Waals surface area contributed by atoms with E-state index in [2.05, 4.69) is 16.0 Å². The summed E-state index contributed by atoms with van der Waals surface area (Å²) in [4.78, 5) is 6.84. The summed E-state index contributed by atoms with van der Waals surface area (Å²) < 4.78 is 24.4. The molecule has 106 valence electrons. The Morgan fingerprint density at radius 2 is 2.15 bits per heavy atom. The van der Waals surface area contributed by atoms with E-state index in [1.165, 1.54) is 0 Å². The number of fused-ring (bicyclic) bond motifs is 1. The number of H-pyrrole nitrogens is 1. The molecule has 0 bridgehead atoms. The Kier molecular flexibility index (Phi) is 3.44. The van der Waals surface area contributed by atoms with Crippen molar-refractivity contribution < 1.29 is 8.42 Å². The second-order valence-electron chi connectivity index (χ2n) is 5.38. The standard InChI is InChI=1S/C13H16N4O2S/c1-13(2,8-14)5-6-20(18,19)12-16-10-4-3-9(15)7-11(10)17-12/h3-4,7H,5-6,15H2,1-2H3,(H,16,17). The van der Waals surface area contributed by atoms with E-state index in [1.54, 1.807) is 32.0 Å². The van der Waals surface area contributed by atoms with E-state index in [1.807, 2.05) is 0 Å². The van der Waals surface area contributed by atoms with Gasteiger partial charge in [0.15, 0.2) is 0 Å². The summed E-state index contributed by atoms with van der Waals surface area (Å²) in [6.07, 6.45) is 0.255. The van der Waals surface area contributed by atoms with Crippen molar-refractivity contribution in [3.8, 4) is 6.07 Å². The van der Waals surface area contributed by atoms with Gasteiger partial charge in [0, 0.05) is 5.69 Å². The van der Waals surface area contributed by atoms with Gasteiger partial charge in [0.2, 0.25) is 15.0 Å². The summed E-state index contributed by atoms with van der Waals surface area (Å²) in [5.41, 5.74) is 6.64. The van der Waals surface area contributed by atoms with Gasteiger partial charge < -0.3 is 10.7 Å². The molecule has 0 amide bonds. The summed E-state index contributed by atoms with van der Waals surface area (Å²) in [6, 6.07) is 7.06. The molecule has 1 aromatic heterocycles.